The first kappa shape index (κ1) is 21.3. The van der Waals surface area contributed by atoms with Gasteiger partial charge in [-0.05, 0) is 44.1 Å². The largest absolute Gasteiger partial charge is 0.336 e. The van der Waals surface area contributed by atoms with Crippen LogP contribution in [-0.2, 0) is 4.79 Å². The van der Waals surface area contributed by atoms with Gasteiger partial charge in [-0.1, -0.05) is 19.3 Å². The lowest BCUT2D eigenvalue weighted by Crippen LogP contribution is -2.43. The molecule has 2 aliphatic rings. The van der Waals surface area contributed by atoms with Crippen LogP contribution in [-0.4, -0.2) is 34.1 Å². The van der Waals surface area contributed by atoms with E-state index >= 15 is 0 Å². The van der Waals surface area contributed by atoms with Gasteiger partial charge in [0.25, 0.3) is 0 Å². The number of hydrogen-bond donors (Lipinski definition) is 2. The molecule has 3 N–H and O–H groups in total. The Labute approximate surface area is 156 Å². The topological polar surface area (TPSA) is 75.0 Å². The van der Waals surface area contributed by atoms with E-state index in [0.29, 0.717) is 18.9 Å². The van der Waals surface area contributed by atoms with Crippen molar-refractivity contribution in [2.24, 2.45) is 11.1 Å². The number of amides is 1. The van der Waals surface area contributed by atoms with E-state index in [1.807, 2.05) is 12.4 Å². The number of carbonyl (C=O) groups is 1. The summed E-state index contributed by atoms with van der Waals surface area (Å²) in [6, 6.07) is 0.193. The van der Waals surface area contributed by atoms with Gasteiger partial charge in [-0.2, -0.15) is 5.10 Å². The molecular weight excluding hydrogens is 347 g/mol. The third kappa shape index (κ3) is 4.64. The van der Waals surface area contributed by atoms with Gasteiger partial charge in [0.15, 0.2) is 0 Å². The molecule has 2 heterocycles. The summed E-state index contributed by atoms with van der Waals surface area (Å²) in [5.74, 6) is 0.290. The van der Waals surface area contributed by atoms with Crippen LogP contribution in [0.1, 0.15) is 69.4 Å². The van der Waals surface area contributed by atoms with Crippen LogP contribution in [0.25, 0.3) is 0 Å². The molecule has 0 bridgehead atoms. The fourth-order valence-corrected chi connectivity index (χ4v) is 4.20. The average molecular weight is 377 g/mol. The Bertz CT molecular complexity index is 489. The number of aromatic amines is 1. The number of nitrogens with one attached hydrogen (secondary N) is 1. The predicted molar refractivity (Wildman–Crippen MR) is 101 cm³/mol. The van der Waals surface area contributed by atoms with Gasteiger partial charge in [0, 0.05) is 24.7 Å². The van der Waals surface area contributed by atoms with Crippen LogP contribution in [0.15, 0.2) is 12.4 Å². The van der Waals surface area contributed by atoms with Gasteiger partial charge in [0.05, 0.1) is 12.2 Å². The molecule has 138 valence electrons. The van der Waals surface area contributed by atoms with E-state index in [-0.39, 0.29) is 36.3 Å². The summed E-state index contributed by atoms with van der Waals surface area (Å²) in [6.07, 6.45) is 13.7. The molecule has 1 aromatic rings. The van der Waals surface area contributed by atoms with Crippen molar-refractivity contribution >= 4 is 30.7 Å². The summed E-state index contributed by atoms with van der Waals surface area (Å²) >= 11 is 0. The Morgan fingerprint density at radius 2 is 2.00 bits per heavy atom. The summed E-state index contributed by atoms with van der Waals surface area (Å²) in [5.41, 5.74) is 7.25. The van der Waals surface area contributed by atoms with Gasteiger partial charge in [-0.3, -0.25) is 9.89 Å². The number of carbonyl (C=O) groups excluding carboxylic acids is 1. The van der Waals surface area contributed by atoms with Crippen molar-refractivity contribution in [1.29, 1.82) is 0 Å². The zero-order valence-corrected chi connectivity index (χ0v) is 15.8. The molecule has 3 rings (SSSR count). The van der Waals surface area contributed by atoms with Crippen molar-refractivity contribution in [3.8, 4) is 0 Å². The lowest BCUT2D eigenvalue weighted by atomic mass is 9.71. The number of nitrogens with zero attached hydrogens (tertiary/aromatic N) is 2. The minimum Gasteiger partial charge on any atom is -0.336 e. The van der Waals surface area contributed by atoms with E-state index in [4.69, 9.17) is 5.73 Å². The Balaban J connectivity index is 0.00000144. The molecule has 0 radical (unpaired) electrons. The first-order valence-electron chi connectivity index (χ1n) is 8.72. The Kier molecular flexibility index (Phi) is 8.54. The van der Waals surface area contributed by atoms with Gasteiger partial charge < -0.3 is 10.6 Å². The molecule has 24 heavy (non-hydrogen) atoms. The first-order chi connectivity index (χ1) is 10.7. The SMILES string of the molecule is Cl.Cl.NCC1(CC(=O)N2CCCCC2c2cn[nH]c2)CCCCC1. The summed E-state index contributed by atoms with van der Waals surface area (Å²) in [7, 11) is 0. The molecule has 1 aliphatic carbocycles. The molecule has 7 heteroatoms. The molecule has 2 fully saturated rings. The number of likely N-dealkylation sites (tertiary alicyclic amines) is 1. The number of halogens is 2. The van der Waals surface area contributed by atoms with E-state index in [1.165, 1.54) is 25.7 Å². The van der Waals surface area contributed by atoms with Crippen LogP contribution in [0.3, 0.4) is 0 Å². The molecule has 5 nitrogen and oxygen atoms in total. The summed E-state index contributed by atoms with van der Waals surface area (Å²) in [5, 5.41) is 6.93. The second-order valence-corrected chi connectivity index (χ2v) is 7.07. The van der Waals surface area contributed by atoms with Crippen molar-refractivity contribution in [3.63, 3.8) is 0 Å². The van der Waals surface area contributed by atoms with Crippen molar-refractivity contribution < 1.29 is 4.79 Å². The molecule has 1 saturated carbocycles. The lowest BCUT2D eigenvalue weighted by Gasteiger charge is -2.40. The standard InChI is InChI=1S/C17H28N4O.2ClH/c18-13-17(7-3-1-4-8-17)10-16(22)21-9-5-2-6-15(21)14-11-19-20-12-14;;/h11-12,15H,1-10,13,18H2,(H,19,20);2*1H. The van der Waals surface area contributed by atoms with E-state index in [2.05, 4.69) is 15.1 Å². The van der Waals surface area contributed by atoms with Gasteiger partial charge >= 0.3 is 0 Å². The van der Waals surface area contributed by atoms with Crippen LogP contribution in [0.4, 0.5) is 0 Å². The maximum atomic E-state index is 13.0. The molecule has 1 saturated heterocycles. The second-order valence-electron chi connectivity index (χ2n) is 7.07. The zero-order valence-electron chi connectivity index (χ0n) is 14.2. The minimum atomic E-state index is 0. The summed E-state index contributed by atoms with van der Waals surface area (Å²) < 4.78 is 0. The minimum absolute atomic E-state index is 0. The fraction of sp³-hybridized carbons (Fsp3) is 0.765. The number of nitrogens with two attached hydrogens (primary N) is 1. The Morgan fingerprint density at radius 3 is 2.62 bits per heavy atom. The van der Waals surface area contributed by atoms with E-state index in [0.717, 1.165) is 37.8 Å². The molecule has 1 aromatic heterocycles. The average Bonchev–Trinajstić information content (AvgIpc) is 3.10. The number of piperidine rings is 1. The zero-order chi connectivity index (χ0) is 15.4. The van der Waals surface area contributed by atoms with Crippen molar-refractivity contribution in [1.82, 2.24) is 15.1 Å². The Morgan fingerprint density at radius 1 is 1.25 bits per heavy atom. The van der Waals surface area contributed by atoms with E-state index in [1.54, 1.807) is 0 Å². The van der Waals surface area contributed by atoms with Crippen LogP contribution in [0, 0.1) is 5.41 Å². The number of aromatic nitrogens is 2. The van der Waals surface area contributed by atoms with Crippen LogP contribution < -0.4 is 5.73 Å². The smallest absolute Gasteiger partial charge is 0.223 e. The van der Waals surface area contributed by atoms with Gasteiger partial charge in [0.1, 0.15) is 0 Å². The molecule has 0 aromatic carbocycles. The third-order valence-corrected chi connectivity index (χ3v) is 5.60. The molecule has 1 atom stereocenters. The quantitative estimate of drug-likeness (QED) is 0.842. The van der Waals surface area contributed by atoms with Gasteiger partial charge in [0.2, 0.25) is 5.91 Å². The van der Waals surface area contributed by atoms with Gasteiger partial charge in [-0.25, -0.2) is 0 Å². The highest BCUT2D eigenvalue weighted by Gasteiger charge is 2.37. The maximum absolute atomic E-state index is 13.0. The molecule has 1 unspecified atom stereocenters. The predicted octanol–water partition coefficient (Wildman–Crippen LogP) is 3.61. The van der Waals surface area contributed by atoms with Crippen LogP contribution in [0.5, 0.6) is 0 Å². The third-order valence-electron chi connectivity index (χ3n) is 5.60. The molecule has 1 amide bonds. The van der Waals surface area contributed by atoms with Crippen LogP contribution >= 0.6 is 24.8 Å². The number of H-pyrrole nitrogens is 1. The number of hydrogen-bond acceptors (Lipinski definition) is 3. The van der Waals surface area contributed by atoms with E-state index < -0.39 is 0 Å². The highest BCUT2D eigenvalue weighted by molar-refractivity contribution is 5.85. The second kappa shape index (κ2) is 9.64. The Hall–Kier alpha value is -0.780. The lowest BCUT2D eigenvalue weighted by molar-refractivity contribution is -0.138. The van der Waals surface area contributed by atoms with E-state index in [9.17, 15) is 4.79 Å². The summed E-state index contributed by atoms with van der Waals surface area (Å²) in [4.78, 5) is 15.1. The van der Waals surface area contributed by atoms with Gasteiger partial charge in [-0.15, -0.1) is 24.8 Å². The molecule has 1 aliphatic heterocycles. The van der Waals surface area contributed by atoms with Crippen molar-refractivity contribution in [3.05, 3.63) is 18.0 Å². The van der Waals surface area contributed by atoms with Crippen molar-refractivity contribution in [2.75, 3.05) is 13.1 Å². The first-order valence-corrected chi connectivity index (χ1v) is 8.72. The molecular formula is C17H30Cl2N4O. The fourth-order valence-electron chi connectivity index (χ4n) is 4.20. The molecule has 0 spiro atoms. The highest BCUT2D eigenvalue weighted by atomic mass is 35.5. The maximum Gasteiger partial charge on any atom is 0.223 e. The summed E-state index contributed by atoms with van der Waals surface area (Å²) in [6.45, 7) is 1.51. The monoisotopic (exact) mass is 376 g/mol. The van der Waals surface area contributed by atoms with Crippen molar-refractivity contribution in [2.45, 2.75) is 63.8 Å². The normalized spacial score (nSPS) is 23.0. The highest BCUT2D eigenvalue weighted by Crippen LogP contribution is 2.40. The number of rotatable bonds is 4. The van der Waals surface area contributed by atoms with Crippen LogP contribution in [0.2, 0.25) is 0 Å².